The molecule has 0 radical (unpaired) electrons. The van der Waals surface area contributed by atoms with Gasteiger partial charge in [-0.3, -0.25) is 4.79 Å². The van der Waals surface area contributed by atoms with Gasteiger partial charge in [0.1, 0.15) is 12.4 Å². The molecule has 0 heterocycles. The molecule has 0 aliphatic heterocycles. The molecule has 0 aromatic carbocycles. The Morgan fingerprint density at radius 3 is 3.00 bits per heavy atom. The normalized spacial score (nSPS) is 28.1. The van der Waals surface area contributed by atoms with Crippen LogP contribution in [0.15, 0.2) is 12.2 Å². The van der Waals surface area contributed by atoms with Gasteiger partial charge in [0.25, 0.3) is 0 Å². The molecular weight excluding hydrogens is 156 g/mol. The van der Waals surface area contributed by atoms with E-state index in [1.54, 1.807) is 6.08 Å². The fourth-order valence-electron chi connectivity index (χ4n) is 1.29. The Hall–Kier alpha value is -1.12. The van der Waals surface area contributed by atoms with Gasteiger partial charge in [-0.2, -0.15) is 0 Å². The number of rotatable bonds is 2. The predicted octanol–water partition coefficient (Wildman–Crippen LogP) is 1.08. The molecule has 0 aromatic rings. The second kappa shape index (κ2) is 4.04. The molecular formula is C9H12O3. The van der Waals surface area contributed by atoms with Crippen LogP contribution >= 0.6 is 0 Å². The molecule has 0 saturated carbocycles. The molecule has 1 aliphatic carbocycles. The van der Waals surface area contributed by atoms with Crippen LogP contribution in [0.25, 0.3) is 0 Å². The molecule has 0 N–H and O–H groups in total. The van der Waals surface area contributed by atoms with Crippen LogP contribution in [0.5, 0.6) is 0 Å². The van der Waals surface area contributed by atoms with E-state index in [1.165, 1.54) is 6.92 Å². The summed E-state index contributed by atoms with van der Waals surface area (Å²) in [6, 6.07) is 0. The van der Waals surface area contributed by atoms with Crippen LogP contribution in [0.4, 0.5) is 0 Å². The van der Waals surface area contributed by atoms with Gasteiger partial charge in [-0.1, -0.05) is 6.08 Å². The third kappa shape index (κ3) is 2.19. The highest BCUT2D eigenvalue weighted by Crippen LogP contribution is 2.19. The quantitative estimate of drug-likeness (QED) is 0.352. The summed E-state index contributed by atoms with van der Waals surface area (Å²) in [6.45, 7) is 1.35. The van der Waals surface area contributed by atoms with Crippen molar-refractivity contribution in [2.75, 3.05) is 0 Å². The monoisotopic (exact) mass is 168 g/mol. The largest absolute Gasteiger partial charge is 0.458 e. The molecule has 0 spiro atoms. The first-order valence-corrected chi connectivity index (χ1v) is 4.03. The van der Waals surface area contributed by atoms with Crippen LogP contribution in [0.3, 0.4) is 0 Å². The number of aldehydes is 1. The highest BCUT2D eigenvalue weighted by Gasteiger charge is 2.23. The fourth-order valence-corrected chi connectivity index (χ4v) is 1.29. The van der Waals surface area contributed by atoms with Crippen molar-refractivity contribution in [2.24, 2.45) is 5.92 Å². The van der Waals surface area contributed by atoms with E-state index in [0.717, 1.165) is 19.1 Å². The Bertz CT molecular complexity index is 208. The van der Waals surface area contributed by atoms with Crippen LogP contribution in [-0.2, 0) is 14.3 Å². The van der Waals surface area contributed by atoms with E-state index < -0.39 is 0 Å². The average Bonchev–Trinajstić information content (AvgIpc) is 2.04. The second-order valence-corrected chi connectivity index (χ2v) is 2.88. The van der Waals surface area contributed by atoms with Crippen molar-refractivity contribution >= 4 is 12.3 Å². The van der Waals surface area contributed by atoms with Crippen molar-refractivity contribution in [1.82, 2.24) is 0 Å². The molecule has 1 rings (SSSR count). The van der Waals surface area contributed by atoms with E-state index in [4.69, 9.17) is 4.74 Å². The lowest BCUT2D eigenvalue weighted by atomic mass is 9.93. The van der Waals surface area contributed by atoms with E-state index in [9.17, 15) is 9.59 Å². The molecule has 0 amide bonds. The number of carbonyl (C=O) groups excluding carboxylic acids is 2. The molecule has 2 atom stereocenters. The Morgan fingerprint density at radius 2 is 2.42 bits per heavy atom. The summed E-state index contributed by atoms with van der Waals surface area (Å²) in [5.41, 5.74) is 0. The maximum atomic E-state index is 10.6. The fraction of sp³-hybridized carbons (Fsp3) is 0.556. The number of hydrogen-bond acceptors (Lipinski definition) is 3. The van der Waals surface area contributed by atoms with Crippen LogP contribution < -0.4 is 0 Å². The van der Waals surface area contributed by atoms with E-state index in [2.05, 4.69) is 0 Å². The number of ether oxygens (including phenoxy) is 1. The lowest BCUT2D eigenvalue weighted by Crippen LogP contribution is -2.27. The van der Waals surface area contributed by atoms with Gasteiger partial charge in [0.15, 0.2) is 0 Å². The van der Waals surface area contributed by atoms with Gasteiger partial charge in [-0.05, 0) is 18.9 Å². The Morgan fingerprint density at radius 1 is 1.67 bits per heavy atom. The van der Waals surface area contributed by atoms with Crippen LogP contribution in [-0.4, -0.2) is 18.4 Å². The Kier molecular flexibility index (Phi) is 3.02. The van der Waals surface area contributed by atoms with Gasteiger partial charge >= 0.3 is 5.97 Å². The first-order chi connectivity index (χ1) is 5.74. The summed E-state index contributed by atoms with van der Waals surface area (Å²) in [5.74, 6) is -0.489. The van der Waals surface area contributed by atoms with E-state index in [-0.39, 0.29) is 18.0 Å². The summed E-state index contributed by atoms with van der Waals surface area (Å²) in [4.78, 5) is 21.1. The van der Waals surface area contributed by atoms with Gasteiger partial charge in [-0.25, -0.2) is 0 Å². The summed E-state index contributed by atoms with van der Waals surface area (Å²) in [6.07, 6.45) is 5.90. The number of carbonyl (C=O) groups is 2. The van der Waals surface area contributed by atoms with Crippen molar-refractivity contribution in [3.8, 4) is 0 Å². The minimum absolute atomic E-state index is 0.154. The van der Waals surface area contributed by atoms with Gasteiger partial charge in [0, 0.05) is 6.92 Å². The summed E-state index contributed by atoms with van der Waals surface area (Å²) < 4.78 is 4.94. The van der Waals surface area contributed by atoms with Crippen LogP contribution in [0, 0.1) is 5.92 Å². The molecule has 0 aromatic heterocycles. The molecule has 0 fully saturated rings. The zero-order chi connectivity index (χ0) is 8.97. The highest BCUT2D eigenvalue weighted by atomic mass is 16.5. The van der Waals surface area contributed by atoms with Crippen molar-refractivity contribution in [3.63, 3.8) is 0 Å². The van der Waals surface area contributed by atoms with E-state index in [1.807, 2.05) is 6.08 Å². The van der Waals surface area contributed by atoms with Crippen LogP contribution in [0.1, 0.15) is 19.8 Å². The minimum atomic E-state index is -0.339. The maximum Gasteiger partial charge on any atom is 0.303 e. The topological polar surface area (TPSA) is 43.4 Å². The molecule has 66 valence electrons. The lowest BCUT2D eigenvalue weighted by Gasteiger charge is -2.22. The molecule has 1 aliphatic rings. The predicted molar refractivity (Wildman–Crippen MR) is 43.5 cm³/mol. The van der Waals surface area contributed by atoms with Gasteiger partial charge in [0.2, 0.25) is 0 Å². The van der Waals surface area contributed by atoms with Crippen LogP contribution in [0.2, 0.25) is 0 Å². The first-order valence-electron chi connectivity index (χ1n) is 4.03. The summed E-state index contributed by atoms with van der Waals surface area (Å²) in [5, 5.41) is 0. The molecule has 0 saturated heterocycles. The van der Waals surface area contributed by atoms with Crippen molar-refractivity contribution in [1.29, 1.82) is 0 Å². The van der Waals surface area contributed by atoms with Crippen molar-refractivity contribution < 1.29 is 14.3 Å². The third-order valence-electron chi connectivity index (χ3n) is 1.89. The lowest BCUT2D eigenvalue weighted by molar-refractivity contribution is -0.147. The van der Waals surface area contributed by atoms with E-state index >= 15 is 0 Å². The van der Waals surface area contributed by atoms with E-state index in [0.29, 0.717) is 0 Å². The maximum absolute atomic E-state index is 10.6. The smallest absolute Gasteiger partial charge is 0.303 e. The Balaban J connectivity index is 2.57. The van der Waals surface area contributed by atoms with Gasteiger partial charge < -0.3 is 9.53 Å². The molecule has 3 heteroatoms. The minimum Gasteiger partial charge on any atom is -0.458 e. The first kappa shape index (κ1) is 8.97. The number of esters is 1. The third-order valence-corrected chi connectivity index (χ3v) is 1.89. The van der Waals surface area contributed by atoms with Crippen molar-refractivity contribution in [2.45, 2.75) is 25.9 Å². The second-order valence-electron chi connectivity index (χ2n) is 2.88. The average molecular weight is 168 g/mol. The summed E-state index contributed by atoms with van der Waals surface area (Å²) in [7, 11) is 0. The summed E-state index contributed by atoms with van der Waals surface area (Å²) >= 11 is 0. The van der Waals surface area contributed by atoms with Crippen molar-refractivity contribution in [3.05, 3.63) is 12.2 Å². The Labute approximate surface area is 71.4 Å². The molecule has 0 bridgehead atoms. The zero-order valence-electron chi connectivity index (χ0n) is 7.03. The molecule has 0 unspecified atom stereocenters. The van der Waals surface area contributed by atoms with Gasteiger partial charge in [0.05, 0.1) is 5.92 Å². The number of hydrogen-bond donors (Lipinski definition) is 0. The van der Waals surface area contributed by atoms with Gasteiger partial charge in [-0.15, -0.1) is 0 Å². The zero-order valence-corrected chi connectivity index (χ0v) is 7.03. The number of allylic oxidation sites excluding steroid dienone is 1. The highest BCUT2D eigenvalue weighted by molar-refractivity contribution is 5.67. The molecule has 12 heavy (non-hydrogen) atoms. The SMILES string of the molecule is CC(=O)O[C@H]1C=CCC[C@H]1C=O. The standard InChI is InChI=1S/C9H12O3/c1-7(11)12-9-5-3-2-4-8(9)6-10/h3,5-6,8-9H,2,4H2,1H3/t8-,9-/m0/s1. The molecule has 3 nitrogen and oxygen atoms in total.